The van der Waals surface area contributed by atoms with Crippen molar-refractivity contribution in [1.29, 1.82) is 0 Å². The van der Waals surface area contributed by atoms with Crippen LogP contribution in [-0.4, -0.2) is 22.2 Å². The minimum Gasteiger partial charge on any atom is -0.392 e. The number of hydrogen-bond acceptors (Lipinski definition) is 3. The molecule has 0 bridgehead atoms. The molecule has 20 heavy (non-hydrogen) atoms. The van der Waals surface area contributed by atoms with E-state index in [9.17, 15) is 5.11 Å². The highest BCUT2D eigenvalue weighted by Gasteiger charge is 2.31. The molecule has 106 valence electrons. The molecule has 1 aliphatic rings. The number of anilines is 1. The smallest absolute Gasteiger partial charge is 0.135 e. The maximum Gasteiger partial charge on any atom is 0.135 e. The number of aliphatic hydroxyl groups excluding tert-OH is 1. The Labute approximate surface area is 120 Å². The highest BCUT2D eigenvalue weighted by atomic mass is 16.3. The van der Waals surface area contributed by atoms with Crippen LogP contribution in [0, 0.1) is 0 Å². The minimum absolute atomic E-state index is 0.0484. The number of rotatable bonds is 3. The second kappa shape index (κ2) is 5.41. The van der Waals surface area contributed by atoms with Gasteiger partial charge < -0.3 is 10.0 Å². The number of pyridine rings is 1. The fourth-order valence-corrected chi connectivity index (χ4v) is 3.34. The Balaban J connectivity index is 2.13. The minimum atomic E-state index is 0.0484. The molecule has 1 aliphatic heterocycles. The molecule has 3 rings (SSSR count). The summed E-state index contributed by atoms with van der Waals surface area (Å²) in [5.41, 5.74) is 1.95. The molecule has 0 amide bonds. The van der Waals surface area contributed by atoms with Crippen LogP contribution in [0.1, 0.15) is 38.7 Å². The van der Waals surface area contributed by atoms with E-state index in [1.54, 1.807) is 0 Å². The van der Waals surface area contributed by atoms with Crippen LogP contribution >= 0.6 is 0 Å². The first-order chi connectivity index (χ1) is 9.74. The highest BCUT2D eigenvalue weighted by Crippen LogP contribution is 2.34. The van der Waals surface area contributed by atoms with Crippen LogP contribution in [0.3, 0.4) is 0 Å². The normalized spacial score (nSPS) is 22.6. The average molecular weight is 270 g/mol. The molecule has 0 saturated carbocycles. The van der Waals surface area contributed by atoms with Gasteiger partial charge in [-0.15, -0.1) is 0 Å². The van der Waals surface area contributed by atoms with E-state index in [1.807, 2.05) is 18.2 Å². The molecule has 0 radical (unpaired) electrons. The van der Waals surface area contributed by atoms with Crippen molar-refractivity contribution in [2.24, 2.45) is 0 Å². The van der Waals surface area contributed by atoms with Crippen LogP contribution in [0.15, 0.2) is 30.3 Å². The van der Waals surface area contributed by atoms with Crippen molar-refractivity contribution >= 4 is 16.7 Å². The lowest BCUT2D eigenvalue weighted by molar-refractivity contribution is 0.281. The van der Waals surface area contributed by atoms with Crippen molar-refractivity contribution < 1.29 is 5.11 Å². The molecule has 0 spiro atoms. The van der Waals surface area contributed by atoms with Crippen LogP contribution in [0.4, 0.5) is 5.82 Å². The lowest BCUT2D eigenvalue weighted by atomic mass is 10.1. The van der Waals surface area contributed by atoms with Gasteiger partial charge in [0.1, 0.15) is 5.82 Å². The number of benzene rings is 1. The standard InChI is InChI=1S/C17H22N2O/c1-3-15-9-8-12(2)19(15)17-14(11-20)10-13-6-4-5-7-16(13)18-17/h4-7,10,12,15,20H,3,8-9,11H2,1-2H3. The summed E-state index contributed by atoms with van der Waals surface area (Å²) in [4.78, 5) is 7.26. The van der Waals surface area contributed by atoms with Gasteiger partial charge in [-0.3, -0.25) is 0 Å². The first-order valence-electron chi connectivity index (χ1n) is 7.52. The SMILES string of the molecule is CCC1CCC(C)N1c1nc2ccccc2cc1CO. The second-order valence-electron chi connectivity index (χ2n) is 5.72. The monoisotopic (exact) mass is 270 g/mol. The molecule has 2 heterocycles. The van der Waals surface area contributed by atoms with E-state index in [-0.39, 0.29) is 6.61 Å². The Hall–Kier alpha value is -1.61. The van der Waals surface area contributed by atoms with Gasteiger partial charge in [-0.2, -0.15) is 0 Å². The number of fused-ring (bicyclic) bond motifs is 1. The molecule has 1 saturated heterocycles. The molecule has 2 aromatic rings. The Morgan fingerprint density at radius 1 is 1.30 bits per heavy atom. The van der Waals surface area contributed by atoms with E-state index in [0.717, 1.165) is 28.7 Å². The molecular weight excluding hydrogens is 248 g/mol. The van der Waals surface area contributed by atoms with Gasteiger partial charge in [-0.05, 0) is 38.3 Å². The van der Waals surface area contributed by atoms with E-state index in [0.29, 0.717) is 12.1 Å². The first-order valence-corrected chi connectivity index (χ1v) is 7.52. The zero-order chi connectivity index (χ0) is 14.1. The molecule has 3 nitrogen and oxygen atoms in total. The summed E-state index contributed by atoms with van der Waals surface area (Å²) in [6.45, 7) is 4.54. The van der Waals surface area contributed by atoms with Crippen molar-refractivity contribution in [2.75, 3.05) is 4.90 Å². The number of hydrogen-bond donors (Lipinski definition) is 1. The largest absolute Gasteiger partial charge is 0.392 e. The van der Waals surface area contributed by atoms with E-state index < -0.39 is 0 Å². The third-order valence-electron chi connectivity index (χ3n) is 4.45. The fraction of sp³-hybridized carbons (Fsp3) is 0.471. The van der Waals surface area contributed by atoms with Crippen LogP contribution in [0.25, 0.3) is 10.9 Å². The van der Waals surface area contributed by atoms with Gasteiger partial charge in [-0.1, -0.05) is 25.1 Å². The van der Waals surface area contributed by atoms with Crippen LogP contribution in [0.5, 0.6) is 0 Å². The predicted molar refractivity (Wildman–Crippen MR) is 82.9 cm³/mol. The van der Waals surface area contributed by atoms with E-state index >= 15 is 0 Å². The fourth-order valence-electron chi connectivity index (χ4n) is 3.34. The van der Waals surface area contributed by atoms with Gasteiger partial charge in [0.05, 0.1) is 12.1 Å². The Bertz CT molecular complexity index is 611. The molecule has 0 aliphatic carbocycles. The molecule has 2 unspecified atom stereocenters. The van der Waals surface area contributed by atoms with E-state index in [1.165, 1.54) is 12.8 Å². The molecule has 3 heteroatoms. The zero-order valence-electron chi connectivity index (χ0n) is 12.2. The first kappa shape index (κ1) is 13.4. The van der Waals surface area contributed by atoms with Gasteiger partial charge in [0, 0.05) is 23.0 Å². The summed E-state index contributed by atoms with van der Waals surface area (Å²) in [5, 5.41) is 10.8. The maximum atomic E-state index is 9.72. The number of aliphatic hydroxyl groups is 1. The molecular formula is C17H22N2O. The zero-order valence-corrected chi connectivity index (χ0v) is 12.2. The van der Waals surface area contributed by atoms with Crippen molar-refractivity contribution in [3.63, 3.8) is 0 Å². The summed E-state index contributed by atoms with van der Waals surface area (Å²) in [6.07, 6.45) is 3.55. The predicted octanol–water partition coefficient (Wildman–Crippen LogP) is 3.49. The van der Waals surface area contributed by atoms with Crippen molar-refractivity contribution in [3.05, 3.63) is 35.9 Å². The summed E-state index contributed by atoms with van der Waals surface area (Å²) in [7, 11) is 0. The molecule has 1 fully saturated rings. The van der Waals surface area contributed by atoms with E-state index in [2.05, 4.69) is 30.9 Å². The summed E-state index contributed by atoms with van der Waals surface area (Å²) < 4.78 is 0. The number of para-hydroxylation sites is 1. The van der Waals surface area contributed by atoms with Crippen molar-refractivity contribution in [1.82, 2.24) is 4.98 Å². The Morgan fingerprint density at radius 2 is 2.10 bits per heavy atom. The summed E-state index contributed by atoms with van der Waals surface area (Å²) >= 11 is 0. The van der Waals surface area contributed by atoms with Crippen molar-refractivity contribution in [2.45, 2.75) is 51.8 Å². The summed E-state index contributed by atoms with van der Waals surface area (Å²) in [5.74, 6) is 0.975. The maximum absolute atomic E-state index is 9.72. The Morgan fingerprint density at radius 3 is 2.85 bits per heavy atom. The second-order valence-corrected chi connectivity index (χ2v) is 5.72. The van der Waals surface area contributed by atoms with Crippen LogP contribution < -0.4 is 4.90 Å². The van der Waals surface area contributed by atoms with Crippen LogP contribution in [-0.2, 0) is 6.61 Å². The van der Waals surface area contributed by atoms with Gasteiger partial charge in [0.15, 0.2) is 0 Å². The van der Waals surface area contributed by atoms with Gasteiger partial charge in [-0.25, -0.2) is 4.98 Å². The number of nitrogens with zero attached hydrogens (tertiary/aromatic N) is 2. The third-order valence-corrected chi connectivity index (χ3v) is 4.45. The van der Waals surface area contributed by atoms with Crippen molar-refractivity contribution in [3.8, 4) is 0 Å². The number of aromatic nitrogens is 1. The van der Waals surface area contributed by atoms with Crippen LogP contribution in [0.2, 0.25) is 0 Å². The Kier molecular flexibility index (Phi) is 3.62. The third kappa shape index (κ3) is 2.16. The molecule has 2 atom stereocenters. The lowest BCUT2D eigenvalue weighted by Gasteiger charge is -2.31. The highest BCUT2D eigenvalue weighted by molar-refractivity contribution is 5.82. The quantitative estimate of drug-likeness (QED) is 0.927. The van der Waals surface area contributed by atoms with Gasteiger partial charge in [0.25, 0.3) is 0 Å². The topological polar surface area (TPSA) is 36.4 Å². The average Bonchev–Trinajstić information content (AvgIpc) is 2.86. The van der Waals surface area contributed by atoms with Gasteiger partial charge >= 0.3 is 0 Å². The van der Waals surface area contributed by atoms with E-state index in [4.69, 9.17) is 4.98 Å². The van der Waals surface area contributed by atoms with Gasteiger partial charge in [0.2, 0.25) is 0 Å². The molecule has 1 N–H and O–H groups in total. The lowest BCUT2D eigenvalue weighted by Crippen LogP contribution is -2.35. The summed E-state index contributed by atoms with van der Waals surface area (Å²) in [6, 6.07) is 11.2. The molecule has 1 aromatic heterocycles. The molecule has 1 aromatic carbocycles.